The first-order valence-electron chi connectivity index (χ1n) is 11.1. The number of aryl methyl sites for hydroxylation is 1. The Hall–Kier alpha value is -3.65. The molecule has 0 atom stereocenters. The summed E-state index contributed by atoms with van der Waals surface area (Å²) in [5, 5.41) is 14.1. The van der Waals surface area contributed by atoms with Crippen LogP contribution in [0.25, 0.3) is 38.3 Å². The lowest BCUT2D eigenvalue weighted by atomic mass is 10.0. The Bertz CT molecular complexity index is 1650. The molecule has 34 heavy (non-hydrogen) atoms. The van der Waals surface area contributed by atoms with Gasteiger partial charge in [-0.15, -0.1) is 0 Å². The van der Waals surface area contributed by atoms with E-state index in [2.05, 4.69) is 46.0 Å². The first-order valence-corrected chi connectivity index (χ1v) is 11.1. The molecule has 6 aromatic rings. The van der Waals surface area contributed by atoms with Crippen molar-refractivity contribution in [3.63, 3.8) is 0 Å². The van der Waals surface area contributed by atoms with E-state index in [4.69, 9.17) is 0 Å². The zero-order chi connectivity index (χ0) is 22.7. The number of anilines is 1. The second kappa shape index (κ2) is 8.29. The number of aromatic nitrogens is 4. The molecule has 0 aliphatic heterocycles. The molecule has 1 N–H and O–H groups in total. The van der Waals surface area contributed by atoms with Crippen LogP contribution >= 0.6 is 0 Å². The summed E-state index contributed by atoms with van der Waals surface area (Å²) in [6, 6.07) is 15.6. The molecular weight excluding hydrogens is 494 g/mol. The van der Waals surface area contributed by atoms with Gasteiger partial charge in [-0.25, -0.2) is 14.1 Å². The van der Waals surface area contributed by atoms with E-state index in [-0.39, 0.29) is 28.4 Å². The molecule has 0 fully saturated rings. The van der Waals surface area contributed by atoms with Gasteiger partial charge in [0, 0.05) is 34.1 Å². The van der Waals surface area contributed by atoms with E-state index in [0.29, 0.717) is 10.9 Å². The van der Waals surface area contributed by atoms with Gasteiger partial charge < -0.3 is 27.0 Å². The number of benzene rings is 3. The highest BCUT2D eigenvalue weighted by atomic mass is 79.9. The topological polar surface area (TPSA) is 67.2 Å². The summed E-state index contributed by atoms with van der Waals surface area (Å²) in [5.74, 6) is 0.175. The minimum atomic E-state index is -0.218. The van der Waals surface area contributed by atoms with Crippen LogP contribution in [0.3, 0.4) is 0 Å². The lowest BCUT2D eigenvalue weighted by Gasteiger charge is -2.22. The molecule has 3 heterocycles. The number of likely N-dealkylation sites (N-methyl/N-ethyl adjacent to an activating group) is 1. The van der Waals surface area contributed by atoms with Crippen molar-refractivity contribution in [1.82, 2.24) is 14.1 Å². The summed E-state index contributed by atoms with van der Waals surface area (Å²) >= 11 is 0. The van der Waals surface area contributed by atoms with Crippen molar-refractivity contribution in [3.05, 3.63) is 77.6 Å². The number of hydrogen-bond acceptors (Lipinski definition) is 4. The van der Waals surface area contributed by atoms with Gasteiger partial charge in [-0.05, 0) is 55.5 Å². The van der Waals surface area contributed by atoms with Crippen LogP contribution < -0.4 is 32.0 Å². The van der Waals surface area contributed by atoms with Crippen LogP contribution in [-0.4, -0.2) is 32.3 Å². The van der Waals surface area contributed by atoms with Gasteiger partial charge in [-0.1, -0.05) is 0 Å². The third-order valence-corrected chi connectivity index (χ3v) is 6.57. The third kappa shape index (κ3) is 3.28. The van der Waals surface area contributed by atoms with Crippen LogP contribution in [0.5, 0.6) is 5.88 Å². The van der Waals surface area contributed by atoms with Gasteiger partial charge in [0.2, 0.25) is 12.2 Å². The number of imidazole rings is 1. The summed E-state index contributed by atoms with van der Waals surface area (Å²) in [6.45, 7) is 4.87. The highest BCUT2D eigenvalue weighted by Crippen LogP contribution is 2.41. The van der Waals surface area contributed by atoms with Gasteiger partial charge >= 0.3 is 0 Å². The molecule has 6 rings (SSSR count). The van der Waals surface area contributed by atoms with E-state index in [1.54, 1.807) is 6.07 Å². The molecule has 0 amide bonds. The first-order chi connectivity index (χ1) is 16.0. The molecule has 0 unspecified atom stereocenters. The molecule has 0 saturated carbocycles. The second-order valence-corrected chi connectivity index (χ2v) is 8.50. The zero-order valence-electron chi connectivity index (χ0n) is 18.9. The highest BCUT2D eigenvalue weighted by Gasteiger charge is 2.21. The van der Waals surface area contributed by atoms with Crippen molar-refractivity contribution in [2.75, 3.05) is 18.0 Å². The monoisotopic (exact) mass is 517 g/mol. The number of nitrogens with zero attached hydrogens (tertiary/aromatic N) is 5. The molecule has 0 spiro atoms. The van der Waals surface area contributed by atoms with E-state index in [0.717, 1.165) is 52.7 Å². The average Bonchev–Trinajstić information content (AvgIpc) is 3.47. The van der Waals surface area contributed by atoms with Crippen LogP contribution in [0.1, 0.15) is 6.92 Å². The minimum Gasteiger partial charge on any atom is -1.00 e. The lowest BCUT2D eigenvalue weighted by Crippen LogP contribution is -3.00. The fourth-order valence-electron chi connectivity index (χ4n) is 4.92. The Labute approximate surface area is 206 Å². The summed E-state index contributed by atoms with van der Waals surface area (Å²) in [5.41, 5.74) is 3.34. The normalized spacial score (nSPS) is 11.6. The molecule has 172 valence electrons. The Balaban J connectivity index is 0.00000241. The second-order valence-electron chi connectivity index (χ2n) is 8.50. The smallest absolute Gasteiger partial charge is 0.278 e. The fourth-order valence-corrected chi connectivity index (χ4v) is 4.92. The van der Waals surface area contributed by atoms with Crippen LogP contribution in [0.2, 0.25) is 0 Å². The van der Waals surface area contributed by atoms with Crippen molar-refractivity contribution in [2.24, 2.45) is 7.05 Å². The maximum Gasteiger partial charge on any atom is 0.278 e. The van der Waals surface area contributed by atoms with E-state index in [9.17, 15) is 9.90 Å². The Morgan fingerprint density at radius 1 is 1.03 bits per heavy atom. The SMILES string of the molecule is CCN(CCn1cc[n+](C)c1)c1ccc(-n2c(O)c3ccc4c(=O)nc5ccc2c3c54)cc1.[Br-]. The minimum absolute atomic E-state index is 0. The predicted octanol–water partition coefficient (Wildman–Crippen LogP) is 0.430. The molecule has 0 aliphatic rings. The van der Waals surface area contributed by atoms with Crippen LogP contribution in [0.15, 0.2) is 72.0 Å². The molecular formula is C26H24BrN5O2. The van der Waals surface area contributed by atoms with Crippen molar-refractivity contribution >= 4 is 38.3 Å². The maximum absolute atomic E-state index is 12.2. The molecule has 0 aliphatic carbocycles. The summed E-state index contributed by atoms with van der Waals surface area (Å²) in [6.07, 6.45) is 6.20. The van der Waals surface area contributed by atoms with Gasteiger partial charge in [-0.2, -0.15) is 0 Å². The lowest BCUT2D eigenvalue weighted by molar-refractivity contribution is -0.671. The van der Waals surface area contributed by atoms with Gasteiger partial charge in [0.1, 0.15) is 18.9 Å². The van der Waals surface area contributed by atoms with E-state index >= 15 is 0 Å². The summed E-state index contributed by atoms with van der Waals surface area (Å²) < 4.78 is 6.07. The van der Waals surface area contributed by atoms with Crippen LogP contribution in [0, 0.1) is 0 Å². The van der Waals surface area contributed by atoms with Crippen LogP contribution in [-0.2, 0) is 13.6 Å². The van der Waals surface area contributed by atoms with E-state index < -0.39 is 0 Å². The number of aromatic hydroxyl groups is 1. The average molecular weight is 518 g/mol. The molecule has 3 aromatic carbocycles. The zero-order valence-corrected chi connectivity index (χ0v) is 20.5. The largest absolute Gasteiger partial charge is 1.00 e. The Kier molecular flexibility index (Phi) is 5.40. The highest BCUT2D eigenvalue weighted by molar-refractivity contribution is 6.24. The van der Waals surface area contributed by atoms with E-state index in [1.807, 2.05) is 52.7 Å². The van der Waals surface area contributed by atoms with Gasteiger partial charge in [0.05, 0.1) is 30.0 Å². The number of halogens is 1. The first kappa shape index (κ1) is 22.2. The molecule has 0 bridgehead atoms. The van der Waals surface area contributed by atoms with Crippen molar-refractivity contribution < 1.29 is 26.7 Å². The Morgan fingerprint density at radius 3 is 2.50 bits per heavy atom. The number of rotatable bonds is 6. The van der Waals surface area contributed by atoms with Crippen molar-refractivity contribution in [2.45, 2.75) is 13.5 Å². The van der Waals surface area contributed by atoms with Crippen molar-refractivity contribution in [3.8, 4) is 11.6 Å². The molecule has 0 saturated heterocycles. The fraction of sp³-hybridized carbons (Fsp3) is 0.192. The van der Waals surface area contributed by atoms with Gasteiger partial charge in [0.25, 0.3) is 5.56 Å². The van der Waals surface area contributed by atoms with Crippen LogP contribution in [0.4, 0.5) is 5.69 Å². The number of hydrogen-bond donors (Lipinski definition) is 1. The van der Waals surface area contributed by atoms with Gasteiger partial charge in [0.15, 0.2) is 0 Å². The van der Waals surface area contributed by atoms with E-state index in [1.165, 1.54) is 0 Å². The molecule has 7 nitrogen and oxygen atoms in total. The third-order valence-electron chi connectivity index (χ3n) is 6.57. The molecule has 8 heteroatoms. The molecule has 3 aromatic heterocycles. The van der Waals surface area contributed by atoms with Crippen molar-refractivity contribution in [1.29, 1.82) is 0 Å². The van der Waals surface area contributed by atoms with Gasteiger partial charge in [-0.3, -0.25) is 9.36 Å². The quantitative estimate of drug-likeness (QED) is 0.325. The Morgan fingerprint density at radius 2 is 1.79 bits per heavy atom. The summed E-state index contributed by atoms with van der Waals surface area (Å²) in [7, 11) is 2.02. The predicted molar refractivity (Wildman–Crippen MR) is 130 cm³/mol. The molecule has 0 radical (unpaired) electrons. The summed E-state index contributed by atoms with van der Waals surface area (Å²) in [4.78, 5) is 18.7. The standard InChI is InChI=1S/C26H23N5O2.BrH/c1-3-30(15-14-29-13-12-28(2)16-29)17-4-6-18(7-5-17)31-22-11-10-21-23-19(25(32)27-21)8-9-20(24(22)23)26(31)33;/h4-13,16H,3,14-15H2,1-2H3;1H. The maximum atomic E-state index is 12.2.